The Bertz CT molecular complexity index is 232. The van der Waals surface area contributed by atoms with Gasteiger partial charge in [-0.25, -0.2) is 0 Å². The zero-order chi connectivity index (χ0) is 13.8. The highest BCUT2D eigenvalue weighted by atomic mass is 14.6. The minimum atomic E-state index is 0.643. The number of unbranched alkanes of at least 4 members (excludes halogenated alkanes) is 1. The molecule has 1 rings (SSSR count). The number of hydrogen-bond acceptors (Lipinski definition) is 0. The van der Waals surface area contributed by atoms with Crippen molar-refractivity contribution in [2.24, 2.45) is 29.1 Å². The summed E-state index contributed by atoms with van der Waals surface area (Å²) in [5.74, 6) is 3.85. The van der Waals surface area contributed by atoms with Crippen molar-refractivity contribution in [3.05, 3.63) is 0 Å². The zero-order valence-electron chi connectivity index (χ0n) is 13.8. The SMILES string of the molecule is CCCCC(C(CC)CCC)C1(C)CC(C)C1C. The van der Waals surface area contributed by atoms with Crippen molar-refractivity contribution in [3.8, 4) is 0 Å². The fourth-order valence-corrected chi connectivity index (χ4v) is 4.62. The fourth-order valence-electron chi connectivity index (χ4n) is 4.62. The summed E-state index contributed by atoms with van der Waals surface area (Å²) in [6.07, 6.45) is 9.94. The molecule has 0 aromatic carbocycles. The van der Waals surface area contributed by atoms with Gasteiger partial charge in [-0.3, -0.25) is 0 Å². The molecule has 0 bridgehead atoms. The van der Waals surface area contributed by atoms with Crippen molar-refractivity contribution in [1.29, 1.82) is 0 Å². The maximum atomic E-state index is 2.59. The van der Waals surface area contributed by atoms with E-state index in [9.17, 15) is 0 Å². The second kappa shape index (κ2) is 6.96. The van der Waals surface area contributed by atoms with E-state index in [1.807, 2.05) is 0 Å². The van der Waals surface area contributed by atoms with Crippen LogP contribution < -0.4 is 0 Å². The van der Waals surface area contributed by atoms with E-state index in [0.29, 0.717) is 5.41 Å². The van der Waals surface area contributed by atoms with Crippen molar-refractivity contribution in [2.45, 2.75) is 86.5 Å². The quantitative estimate of drug-likeness (QED) is 0.475. The zero-order valence-corrected chi connectivity index (χ0v) is 13.8. The van der Waals surface area contributed by atoms with Crippen LogP contribution in [0.5, 0.6) is 0 Å². The molecule has 0 radical (unpaired) electrons. The lowest BCUT2D eigenvalue weighted by Gasteiger charge is -2.57. The van der Waals surface area contributed by atoms with Crippen LogP contribution in [0.15, 0.2) is 0 Å². The van der Waals surface area contributed by atoms with Gasteiger partial charge in [-0.1, -0.05) is 73.6 Å². The van der Waals surface area contributed by atoms with Gasteiger partial charge in [0.15, 0.2) is 0 Å². The van der Waals surface area contributed by atoms with Crippen LogP contribution in [0.25, 0.3) is 0 Å². The highest BCUT2D eigenvalue weighted by Gasteiger charge is 2.51. The van der Waals surface area contributed by atoms with Gasteiger partial charge < -0.3 is 0 Å². The molecule has 5 unspecified atom stereocenters. The first-order valence-corrected chi connectivity index (χ1v) is 8.51. The summed E-state index contributed by atoms with van der Waals surface area (Å²) in [5.41, 5.74) is 0.643. The summed E-state index contributed by atoms with van der Waals surface area (Å²) in [7, 11) is 0. The van der Waals surface area contributed by atoms with E-state index in [1.165, 1.54) is 44.9 Å². The van der Waals surface area contributed by atoms with E-state index in [-0.39, 0.29) is 0 Å². The van der Waals surface area contributed by atoms with Crippen molar-refractivity contribution < 1.29 is 0 Å². The van der Waals surface area contributed by atoms with Gasteiger partial charge in [0.05, 0.1) is 0 Å². The van der Waals surface area contributed by atoms with Gasteiger partial charge in [0.25, 0.3) is 0 Å². The molecule has 0 saturated heterocycles. The summed E-state index contributed by atoms with van der Waals surface area (Å²) in [4.78, 5) is 0. The molecule has 1 aliphatic carbocycles. The fraction of sp³-hybridized carbons (Fsp3) is 1.00. The molecule has 0 heteroatoms. The largest absolute Gasteiger partial charge is 0.0654 e. The third-order valence-electron chi connectivity index (χ3n) is 6.12. The normalized spacial score (nSPS) is 35.0. The van der Waals surface area contributed by atoms with Crippen LogP contribution in [-0.2, 0) is 0 Å². The van der Waals surface area contributed by atoms with E-state index >= 15 is 0 Å². The Labute approximate surface area is 116 Å². The molecule has 0 aromatic heterocycles. The van der Waals surface area contributed by atoms with Gasteiger partial charge in [0.2, 0.25) is 0 Å². The van der Waals surface area contributed by atoms with E-state index in [1.54, 1.807) is 0 Å². The first-order chi connectivity index (χ1) is 8.51. The van der Waals surface area contributed by atoms with Gasteiger partial charge in [0, 0.05) is 0 Å². The maximum absolute atomic E-state index is 2.59. The summed E-state index contributed by atoms with van der Waals surface area (Å²) < 4.78 is 0. The molecule has 1 aliphatic rings. The molecule has 0 aromatic rings. The Morgan fingerprint density at radius 2 is 1.72 bits per heavy atom. The average molecular weight is 252 g/mol. The third-order valence-corrected chi connectivity index (χ3v) is 6.12. The molecule has 1 fully saturated rings. The summed E-state index contributed by atoms with van der Waals surface area (Å²) in [6.45, 7) is 14.7. The number of rotatable bonds is 8. The van der Waals surface area contributed by atoms with Crippen LogP contribution in [-0.4, -0.2) is 0 Å². The van der Waals surface area contributed by atoms with Gasteiger partial charge in [-0.15, -0.1) is 0 Å². The monoisotopic (exact) mass is 252 g/mol. The van der Waals surface area contributed by atoms with Crippen LogP contribution in [0.4, 0.5) is 0 Å². The third kappa shape index (κ3) is 3.11. The van der Waals surface area contributed by atoms with Crippen molar-refractivity contribution in [1.82, 2.24) is 0 Å². The first-order valence-electron chi connectivity index (χ1n) is 8.51. The predicted octanol–water partition coefficient (Wildman–Crippen LogP) is 6.30. The molecule has 0 aliphatic heterocycles. The van der Waals surface area contributed by atoms with Gasteiger partial charge in [-0.05, 0) is 41.9 Å². The second-order valence-corrected chi connectivity index (χ2v) is 7.18. The lowest BCUT2D eigenvalue weighted by molar-refractivity contribution is -0.0840. The smallest absolute Gasteiger partial charge is 0.0264 e. The van der Waals surface area contributed by atoms with Crippen LogP contribution >= 0.6 is 0 Å². The van der Waals surface area contributed by atoms with E-state index in [0.717, 1.165) is 23.7 Å². The molecule has 0 nitrogen and oxygen atoms in total. The minimum absolute atomic E-state index is 0.643. The van der Waals surface area contributed by atoms with E-state index < -0.39 is 0 Å². The molecule has 0 spiro atoms. The topological polar surface area (TPSA) is 0 Å². The minimum Gasteiger partial charge on any atom is -0.0654 e. The van der Waals surface area contributed by atoms with Gasteiger partial charge in [-0.2, -0.15) is 0 Å². The average Bonchev–Trinajstić information content (AvgIpc) is 2.37. The van der Waals surface area contributed by atoms with Crippen LogP contribution in [0.3, 0.4) is 0 Å². The molecule has 18 heavy (non-hydrogen) atoms. The predicted molar refractivity (Wildman–Crippen MR) is 82.8 cm³/mol. The lowest BCUT2D eigenvalue weighted by Crippen LogP contribution is -2.50. The van der Waals surface area contributed by atoms with E-state index in [4.69, 9.17) is 0 Å². The number of hydrogen-bond donors (Lipinski definition) is 0. The highest BCUT2D eigenvalue weighted by molar-refractivity contribution is 5.00. The summed E-state index contributed by atoms with van der Waals surface area (Å²) >= 11 is 0. The summed E-state index contributed by atoms with van der Waals surface area (Å²) in [6, 6.07) is 0. The molecule has 0 heterocycles. The standard InChI is InChI=1S/C18H36/c1-7-10-12-17(16(9-3)11-8-2)18(6)13-14(4)15(18)5/h14-17H,7-13H2,1-6H3. The van der Waals surface area contributed by atoms with Crippen LogP contribution in [0, 0.1) is 29.1 Å². The van der Waals surface area contributed by atoms with Crippen molar-refractivity contribution >= 4 is 0 Å². The molecule has 0 N–H and O–H groups in total. The Kier molecular flexibility index (Phi) is 6.21. The second-order valence-electron chi connectivity index (χ2n) is 7.18. The molecular formula is C18H36. The Balaban J connectivity index is 2.76. The molecular weight excluding hydrogens is 216 g/mol. The maximum Gasteiger partial charge on any atom is -0.0264 e. The van der Waals surface area contributed by atoms with E-state index in [2.05, 4.69) is 41.5 Å². The summed E-state index contributed by atoms with van der Waals surface area (Å²) in [5, 5.41) is 0. The molecule has 1 saturated carbocycles. The van der Waals surface area contributed by atoms with Crippen LogP contribution in [0.2, 0.25) is 0 Å². The first kappa shape index (κ1) is 16.1. The molecule has 108 valence electrons. The van der Waals surface area contributed by atoms with Crippen molar-refractivity contribution in [2.75, 3.05) is 0 Å². The Hall–Kier alpha value is 0. The van der Waals surface area contributed by atoms with Gasteiger partial charge >= 0.3 is 0 Å². The van der Waals surface area contributed by atoms with Crippen LogP contribution in [0.1, 0.15) is 86.5 Å². The highest BCUT2D eigenvalue weighted by Crippen LogP contribution is 2.59. The Morgan fingerprint density at radius 1 is 1.06 bits per heavy atom. The Morgan fingerprint density at radius 3 is 2.11 bits per heavy atom. The van der Waals surface area contributed by atoms with Crippen molar-refractivity contribution in [3.63, 3.8) is 0 Å². The van der Waals surface area contributed by atoms with Gasteiger partial charge in [0.1, 0.15) is 0 Å². The lowest BCUT2D eigenvalue weighted by atomic mass is 9.48. The molecule has 0 amide bonds. The molecule has 5 atom stereocenters.